The number of thiazole rings is 1. The minimum Gasteiger partial charge on any atom is -0.495 e. The number of methoxy groups -OCH3 is 1. The van der Waals surface area contributed by atoms with Gasteiger partial charge >= 0.3 is 6.09 Å². The van der Waals surface area contributed by atoms with Crippen LogP contribution in [0.4, 0.5) is 14.9 Å². The van der Waals surface area contributed by atoms with Crippen molar-refractivity contribution in [3.63, 3.8) is 0 Å². The Bertz CT molecular complexity index is 1740. The molecule has 0 spiro atoms. The van der Waals surface area contributed by atoms with Gasteiger partial charge in [0.05, 0.1) is 59.8 Å². The molecular weight excluding hydrogens is 573 g/mol. The number of rotatable bonds is 9. The monoisotopic (exact) mass is 597 g/mol. The summed E-state index contributed by atoms with van der Waals surface area (Å²) in [5.41, 5.74) is 2.04. The van der Waals surface area contributed by atoms with E-state index in [0.717, 1.165) is 10.3 Å². The highest BCUT2D eigenvalue weighted by molar-refractivity contribution is 7.21. The van der Waals surface area contributed by atoms with Crippen molar-refractivity contribution in [2.75, 3.05) is 18.6 Å². The molecule has 0 aliphatic rings. The van der Waals surface area contributed by atoms with Gasteiger partial charge in [-0.05, 0) is 32.0 Å². The molecule has 2 atom stereocenters. The van der Waals surface area contributed by atoms with Crippen molar-refractivity contribution in [3.8, 4) is 22.1 Å². The summed E-state index contributed by atoms with van der Waals surface area (Å²) < 4.78 is 27.1. The van der Waals surface area contributed by atoms with E-state index in [0.29, 0.717) is 42.9 Å². The maximum Gasteiger partial charge on any atom is 0.412 e. The minimum absolute atomic E-state index is 0.0363. The lowest BCUT2D eigenvalue weighted by atomic mass is 10.1. The summed E-state index contributed by atoms with van der Waals surface area (Å²) in [6, 6.07) is 7.49. The Morgan fingerprint density at radius 3 is 2.56 bits per heavy atom. The number of fused-ring (bicyclic) bond motifs is 2. The first-order chi connectivity index (χ1) is 19.7. The molecule has 0 bridgehead atoms. The zero-order valence-electron chi connectivity index (χ0n) is 22.2. The first-order valence-corrected chi connectivity index (χ1v) is 13.7. The second kappa shape index (κ2) is 11.8. The van der Waals surface area contributed by atoms with Gasteiger partial charge in [0, 0.05) is 34.5 Å². The van der Waals surface area contributed by atoms with Crippen LogP contribution in [-0.4, -0.2) is 62.1 Å². The lowest BCUT2D eigenvalue weighted by Gasteiger charge is -2.30. The van der Waals surface area contributed by atoms with Gasteiger partial charge in [-0.25, -0.2) is 24.1 Å². The number of hydrogen-bond donors (Lipinski definition) is 2. The number of benzene rings is 2. The van der Waals surface area contributed by atoms with Crippen LogP contribution in [0.25, 0.3) is 31.7 Å². The van der Waals surface area contributed by atoms with E-state index in [1.54, 1.807) is 45.4 Å². The Morgan fingerprint density at radius 1 is 1.12 bits per heavy atom. The lowest BCUT2D eigenvalue weighted by molar-refractivity contribution is 0.167. The number of carboxylic acid groups (broad SMARTS) is 1. The standard InChI is InChI=1S/C28H25ClFN5O5S/c1-14(35(28(37)38)18-11-31-25(4-5-36)32-12-18)15(2)40-23-10-24-22(9-21(23)30)34-27(41-24)20-8-17(29)6-16-7-19(39-3)13-33-26(16)20/h6-15,36H,4-5H2,1-3H3,(H,37,38)/t14-,15+/m1/s1. The maximum absolute atomic E-state index is 15.2. The third-order valence-electron chi connectivity index (χ3n) is 6.54. The zero-order chi connectivity index (χ0) is 29.3. The molecule has 13 heteroatoms. The summed E-state index contributed by atoms with van der Waals surface area (Å²) in [5, 5.41) is 20.8. The second-order valence-electron chi connectivity index (χ2n) is 9.22. The Labute approximate surface area is 243 Å². The number of pyridine rings is 1. The molecule has 5 aromatic rings. The van der Waals surface area contributed by atoms with E-state index in [-0.39, 0.29) is 24.5 Å². The van der Waals surface area contributed by atoms with Crippen molar-refractivity contribution in [1.29, 1.82) is 0 Å². The number of halogens is 2. The van der Waals surface area contributed by atoms with Gasteiger partial charge in [-0.2, -0.15) is 0 Å². The predicted octanol–water partition coefficient (Wildman–Crippen LogP) is 5.98. The van der Waals surface area contributed by atoms with E-state index in [2.05, 4.69) is 19.9 Å². The number of nitrogens with zero attached hydrogens (tertiary/aromatic N) is 5. The number of hydrogen-bond acceptors (Lipinski definition) is 9. The average molecular weight is 598 g/mol. The van der Waals surface area contributed by atoms with Gasteiger partial charge < -0.3 is 19.7 Å². The molecule has 212 valence electrons. The maximum atomic E-state index is 15.2. The number of carbonyl (C=O) groups is 1. The Balaban J connectivity index is 1.43. The molecular formula is C28H25ClFN5O5S. The molecule has 3 aromatic heterocycles. The van der Waals surface area contributed by atoms with Crippen LogP contribution in [0.5, 0.6) is 11.5 Å². The molecule has 41 heavy (non-hydrogen) atoms. The predicted molar refractivity (Wildman–Crippen MR) is 155 cm³/mol. The van der Waals surface area contributed by atoms with Crippen molar-refractivity contribution in [3.05, 3.63) is 65.6 Å². The number of aliphatic hydroxyl groups excluding tert-OH is 1. The summed E-state index contributed by atoms with van der Waals surface area (Å²) >= 11 is 7.71. The molecule has 0 fully saturated rings. The summed E-state index contributed by atoms with van der Waals surface area (Å²) in [7, 11) is 1.56. The Kier molecular flexibility index (Phi) is 8.15. The number of amides is 1. The van der Waals surface area contributed by atoms with Crippen LogP contribution < -0.4 is 14.4 Å². The van der Waals surface area contributed by atoms with E-state index in [1.165, 1.54) is 29.8 Å². The highest BCUT2D eigenvalue weighted by atomic mass is 35.5. The van der Waals surface area contributed by atoms with Gasteiger partial charge in [-0.1, -0.05) is 11.6 Å². The van der Waals surface area contributed by atoms with E-state index in [1.807, 2.05) is 6.07 Å². The molecule has 2 aromatic carbocycles. The van der Waals surface area contributed by atoms with E-state index < -0.39 is 24.1 Å². The quantitative estimate of drug-likeness (QED) is 0.211. The molecule has 0 unspecified atom stereocenters. The van der Waals surface area contributed by atoms with Crippen LogP contribution >= 0.6 is 22.9 Å². The molecule has 10 nitrogen and oxygen atoms in total. The van der Waals surface area contributed by atoms with Crippen molar-refractivity contribution in [1.82, 2.24) is 19.9 Å². The van der Waals surface area contributed by atoms with Crippen molar-refractivity contribution in [2.45, 2.75) is 32.4 Å². The van der Waals surface area contributed by atoms with Crippen LogP contribution in [0.3, 0.4) is 0 Å². The van der Waals surface area contributed by atoms with E-state index >= 15 is 4.39 Å². The van der Waals surface area contributed by atoms with Crippen LogP contribution in [-0.2, 0) is 6.42 Å². The van der Waals surface area contributed by atoms with Crippen molar-refractivity contribution >= 4 is 55.8 Å². The minimum atomic E-state index is -1.24. The summed E-state index contributed by atoms with van der Waals surface area (Å²) in [6.45, 7) is 3.18. The van der Waals surface area contributed by atoms with Crippen LogP contribution in [0, 0.1) is 5.82 Å². The second-order valence-corrected chi connectivity index (χ2v) is 10.7. The normalized spacial score (nSPS) is 12.8. The third kappa shape index (κ3) is 5.85. The molecule has 1 amide bonds. The number of anilines is 1. The van der Waals surface area contributed by atoms with Gasteiger partial charge in [-0.15, -0.1) is 11.3 Å². The molecule has 0 aliphatic heterocycles. The van der Waals surface area contributed by atoms with Gasteiger partial charge in [0.15, 0.2) is 11.6 Å². The van der Waals surface area contributed by atoms with Gasteiger partial charge in [-0.3, -0.25) is 9.88 Å². The van der Waals surface area contributed by atoms with Crippen molar-refractivity contribution < 1.29 is 28.9 Å². The van der Waals surface area contributed by atoms with Gasteiger partial charge in [0.1, 0.15) is 22.7 Å². The fourth-order valence-electron chi connectivity index (χ4n) is 4.33. The van der Waals surface area contributed by atoms with E-state index in [9.17, 15) is 9.90 Å². The molecule has 5 rings (SSSR count). The highest BCUT2D eigenvalue weighted by Crippen LogP contribution is 2.38. The smallest absolute Gasteiger partial charge is 0.412 e. The lowest BCUT2D eigenvalue weighted by Crippen LogP contribution is -2.46. The summed E-state index contributed by atoms with van der Waals surface area (Å²) in [6.07, 6.45) is 2.60. The molecule has 0 aliphatic carbocycles. The topological polar surface area (TPSA) is 131 Å². The number of aromatic nitrogens is 4. The highest BCUT2D eigenvalue weighted by Gasteiger charge is 2.29. The summed E-state index contributed by atoms with van der Waals surface area (Å²) in [5.74, 6) is 0.311. The molecule has 0 saturated carbocycles. The first-order valence-electron chi connectivity index (χ1n) is 12.5. The van der Waals surface area contributed by atoms with Crippen molar-refractivity contribution in [2.24, 2.45) is 0 Å². The Morgan fingerprint density at radius 2 is 1.88 bits per heavy atom. The van der Waals surface area contributed by atoms with E-state index in [4.69, 9.17) is 26.2 Å². The SMILES string of the molecule is COc1cnc2c(-c3nc4cc(F)c(O[C@@H](C)[C@@H](C)N(C(=O)O)c5cnc(CCO)nc5)cc4s3)cc(Cl)cc2c1. The average Bonchev–Trinajstić information content (AvgIpc) is 3.35. The molecule has 2 N–H and O–H groups in total. The zero-order valence-corrected chi connectivity index (χ0v) is 23.8. The largest absolute Gasteiger partial charge is 0.495 e. The number of aliphatic hydroxyl groups is 1. The molecule has 3 heterocycles. The molecule has 0 radical (unpaired) electrons. The number of ether oxygens (including phenoxy) is 2. The fourth-order valence-corrected chi connectivity index (χ4v) is 5.55. The van der Waals surface area contributed by atoms with Crippen LogP contribution in [0.15, 0.2) is 48.9 Å². The van der Waals surface area contributed by atoms with Gasteiger partial charge in [0.25, 0.3) is 0 Å². The van der Waals surface area contributed by atoms with Crippen LogP contribution in [0.2, 0.25) is 5.02 Å². The van der Waals surface area contributed by atoms with Gasteiger partial charge in [0.2, 0.25) is 0 Å². The first kappa shape index (κ1) is 28.4. The molecule has 0 saturated heterocycles. The van der Waals surface area contributed by atoms with Crippen LogP contribution in [0.1, 0.15) is 19.7 Å². The third-order valence-corrected chi connectivity index (χ3v) is 7.81. The Hall–Kier alpha value is -4.13. The fraction of sp³-hybridized carbons (Fsp3) is 0.250. The summed E-state index contributed by atoms with van der Waals surface area (Å²) in [4.78, 5) is 30.5.